The number of nitriles is 1. The number of aromatic nitrogens is 1. The van der Waals surface area contributed by atoms with Crippen molar-refractivity contribution in [3.63, 3.8) is 0 Å². The van der Waals surface area contributed by atoms with E-state index in [9.17, 15) is 5.26 Å². The quantitative estimate of drug-likeness (QED) is 0.910. The summed E-state index contributed by atoms with van der Waals surface area (Å²) in [6, 6.07) is 5.96. The molecule has 4 heteroatoms. The molecule has 1 aromatic heterocycles. The number of anilines is 1. The first-order chi connectivity index (χ1) is 8.69. The average Bonchev–Trinajstić information content (AvgIpc) is 2.39. The number of fused-ring (bicyclic) bond motifs is 1. The predicted octanol–water partition coefficient (Wildman–Crippen LogP) is 3.89. The van der Waals surface area contributed by atoms with Gasteiger partial charge >= 0.3 is 0 Å². The lowest BCUT2D eigenvalue weighted by atomic mass is 10.0. The van der Waals surface area contributed by atoms with E-state index in [1.54, 1.807) is 6.20 Å². The predicted molar refractivity (Wildman–Crippen MR) is 75.0 cm³/mol. The zero-order valence-corrected chi connectivity index (χ0v) is 11.2. The van der Waals surface area contributed by atoms with Crippen molar-refractivity contribution < 1.29 is 0 Å². The molecule has 0 saturated heterocycles. The highest BCUT2D eigenvalue weighted by atomic mass is 35.5. The van der Waals surface area contributed by atoms with Crippen LogP contribution in [0.2, 0.25) is 5.02 Å². The summed E-state index contributed by atoms with van der Waals surface area (Å²) < 4.78 is 0. The zero-order valence-electron chi connectivity index (χ0n) is 10.4. The molecule has 0 spiro atoms. The van der Waals surface area contributed by atoms with E-state index in [2.05, 4.69) is 23.3 Å². The van der Waals surface area contributed by atoms with Crippen LogP contribution >= 0.6 is 11.6 Å². The lowest BCUT2D eigenvalue weighted by Gasteiger charge is -2.13. The highest BCUT2D eigenvalue weighted by Crippen LogP contribution is 2.32. The fraction of sp³-hybridized carbons (Fsp3) is 0.286. The first kappa shape index (κ1) is 12.7. The van der Waals surface area contributed by atoms with Crippen LogP contribution in [0.3, 0.4) is 0 Å². The van der Waals surface area contributed by atoms with Gasteiger partial charge in [-0.05, 0) is 25.0 Å². The second-order valence-electron chi connectivity index (χ2n) is 4.17. The van der Waals surface area contributed by atoms with Crippen LogP contribution in [0, 0.1) is 18.3 Å². The SMILES string of the molecule is CCCNc1c(C#N)cnc2c(Cl)ccc(C)c12. The highest BCUT2D eigenvalue weighted by Gasteiger charge is 2.12. The Bertz CT molecular complexity index is 629. The maximum absolute atomic E-state index is 9.17. The lowest BCUT2D eigenvalue weighted by molar-refractivity contribution is 0.980. The van der Waals surface area contributed by atoms with E-state index in [-0.39, 0.29) is 0 Å². The minimum atomic E-state index is 0.557. The van der Waals surface area contributed by atoms with Crippen molar-refractivity contribution in [1.82, 2.24) is 4.98 Å². The number of hydrogen-bond donors (Lipinski definition) is 1. The first-order valence-corrected chi connectivity index (χ1v) is 6.28. The molecule has 0 radical (unpaired) electrons. The molecule has 0 bridgehead atoms. The van der Waals surface area contributed by atoms with Gasteiger partial charge in [-0.2, -0.15) is 5.26 Å². The second kappa shape index (κ2) is 5.24. The smallest absolute Gasteiger partial charge is 0.103 e. The van der Waals surface area contributed by atoms with Crippen LogP contribution in [0.25, 0.3) is 10.9 Å². The fourth-order valence-corrected chi connectivity index (χ4v) is 2.16. The Labute approximate surface area is 111 Å². The van der Waals surface area contributed by atoms with E-state index in [1.807, 2.05) is 19.1 Å². The van der Waals surface area contributed by atoms with E-state index in [0.717, 1.165) is 35.1 Å². The summed E-state index contributed by atoms with van der Waals surface area (Å²) in [4.78, 5) is 4.29. The zero-order chi connectivity index (χ0) is 13.1. The van der Waals surface area contributed by atoms with Crippen molar-refractivity contribution in [1.29, 1.82) is 5.26 Å². The molecule has 0 aliphatic rings. The molecule has 2 rings (SSSR count). The molecule has 3 nitrogen and oxygen atoms in total. The Morgan fingerprint density at radius 2 is 2.22 bits per heavy atom. The molecule has 0 atom stereocenters. The van der Waals surface area contributed by atoms with E-state index in [0.29, 0.717) is 10.6 Å². The molecule has 0 aliphatic carbocycles. The van der Waals surface area contributed by atoms with Gasteiger partial charge in [-0.1, -0.05) is 24.6 Å². The molecule has 0 fully saturated rings. The second-order valence-corrected chi connectivity index (χ2v) is 4.58. The molecule has 1 heterocycles. The molecule has 0 saturated carbocycles. The summed E-state index contributed by atoms with van der Waals surface area (Å²) in [7, 11) is 0. The largest absolute Gasteiger partial charge is 0.383 e. The number of rotatable bonds is 3. The Hall–Kier alpha value is -1.79. The lowest BCUT2D eigenvalue weighted by Crippen LogP contribution is -2.04. The van der Waals surface area contributed by atoms with Crippen LogP contribution in [0.5, 0.6) is 0 Å². The number of aryl methyl sites for hydroxylation is 1. The summed E-state index contributed by atoms with van der Waals surface area (Å²) in [5, 5.41) is 14.0. The van der Waals surface area contributed by atoms with Gasteiger partial charge in [0.2, 0.25) is 0 Å². The van der Waals surface area contributed by atoms with Crippen LogP contribution in [-0.2, 0) is 0 Å². The monoisotopic (exact) mass is 259 g/mol. The number of benzene rings is 1. The van der Waals surface area contributed by atoms with Crippen molar-refractivity contribution in [3.8, 4) is 6.07 Å². The third kappa shape index (κ3) is 2.12. The molecular formula is C14H14ClN3. The molecule has 18 heavy (non-hydrogen) atoms. The molecule has 0 unspecified atom stereocenters. The molecule has 0 amide bonds. The van der Waals surface area contributed by atoms with Crippen LogP contribution in [-0.4, -0.2) is 11.5 Å². The first-order valence-electron chi connectivity index (χ1n) is 5.90. The van der Waals surface area contributed by atoms with Gasteiger partial charge in [-0.25, -0.2) is 0 Å². The Morgan fingerprint density at radius 3 is 2.89 bits per heavy atom. The van der Waals surface area contributed by atoms with E-state index < -0.39 is 0 Å². The van der Waals surface area contributed by atoms with Gasteiger partial charge in [0.15, 0.2) is 0 Å². The molecule has 92 valence electrons. The molecule has 2 aromatic rings. The molecule has 0 aliphatic heterocycles. The highest BCUT2D eigenvalue weighted by molar-refractivity contribution is 6.35. The number of halogens is 1. The van der Waals surface area contributed by atoms with Crippen LogP contribution in [0.15, 0.2) is 18.3 Å². The Kier molecular flexibility index (Phi) is 3.69. The summed E-state index contributed by atoms with van der Waals surface area (Å²) in [5.41, 5.74) is 3.21. The minimum absolute atomic E-state index is 0.557. The van der Waals surface area contributed by atoms with Gasteiger partial charge in [0.1, 0.15) is 6.07 Å². The van der Waals surface area contributed by atoms with Crippen LogP contribution in [0.1, 0.15) is 24.5 Å². The summed E-state index contributed by atoms with van der Waals surface area (Å²) in [6.45, 7) is 4.90. The molecule has 1 aromatic carbocycles. The van der Waals surface area contributed by atoms with Crippen LogP contribution in [0.4, 0.5) is 5.69 Å². The summed E-state index contributed by atoms with van der Waals surface area (Å²) in [6.07, 6.45) is 2.57. The van der Waals surface area contributed by atoms with E-state index in [4.69, 9.17) is 11.6 Å². The number of pyridine rings is 1. The average molecular weight is 260 g/mol. The standard InChI is InChI=1S/C14H14ClN3/c1-3-6-17-13-10(7-16)8-18-14-11(15)5-4-9(2)12(13)14/h4-5,8H,3,6H2,1-2H3,(H,17,18). The van der Waals surface area contributed by atoms with Gasteiger partial charge in [0.25, 0.3) is 0 Å². The summed E-state index contributed by atoms with van der Waals surface area (Å²) in [5.74, 6) is 0. The molecule has 1 N–H and O–H groups in total. The van der Waals surface area contributed by atoms with E-state index >= 15 is 0 Å². The number of nitrogens with one attached hydrogen (secondary N) is 1. The number of hydrogen-bond acceptors (Lipinski definition) is 3. The Morgan fingerprint density at radius 1 is 1.44 bits per heavy atom. The van der Waals surface area contributed by atoms with Gasteiger partial charge in [0.05, 0.1) is 21.8 Å². The topological polar surface area (TPSA) is 48.7 Å². The maximum atomic E-state index is 9.17. The van der Waals surface area contributed by atoms with Gasteiger partial charge in [-0.15, -0.1) is 0 Å². The van der Waals surface area contributed by atoms with Crippen molar-refractivity contribution in [2.45, 2.75) is 20.3 Å². The molecular weight excluding hydrogens is 246 g/mol. The van der Waals surface area contributed by atoms with Gasteiger partial charge in [-0.3, -0.25) is 4.98 Å². The van der Waals surface area contributed by atoms with Crippen molar-refractivity contribution in [2.24, 2.45) is 0 Å². The Balaban J connectivity index is 2.76. The maximum Gasteiger partial charge on any atom is 0.103 e. The summed E-state index contributed by atoms with van der Waals surface area (Å²) >= 11 is 6.16. The third-order valence-electron chi connectivity index (χ3n) is 2.85. The van der Waals surface area contributed by atoms with Crippen molar-refractivity contribution in [3.05, 3.63) is 34.5 Å². The van der Waals surface area contributed by atoms with Crippen molar-refractivity contribution in [2.75, 3.05) is 11.9 Å². The van der Waals surface area contributed by atoms with Gasteiger partial charge in [0, 0.05) is 18.1 Å². The normalized spacial score (nSPS) is 10.3. The van der Waals surface area contributed by atoms with Crippen LogP contribution < -0.4 is 5.32 Å². The minimum Gasteiger partial charge on any atom is -0.383 e. The van der Waals surface area contributed by atoms with Crippen molar-refractivity contribution >= 4 is 28.2 Å². The number of nitrogens with zero attached hydrogens (tertiary/aromatic N) is 2. The fourth-order valence-electron chi connectivity index (χ4n) is 1.96. The van der Waals surface area contributed by atoms with Gasteiger partial charge < -0.3 is 5.32 Å². The van der Waals surface area contributed by atoms with E-state index in [1.165, 1.54) is 0 Å². The third-order valence-corrected chi connectivity index (χ3v) is 3.16.